The molecule has 1 fully saturated rings. The molecule has 0 heterocycles. The second kappa shape index (κ2) is 4.71. The summed E-state index contributed by atoms with van der Waals surface area (Å²) < 4.78 is 64.2. The van der Waals surface area contributed by atoms with Crippen LogP contribution in [0, 0.1) is 17.5 Å². The maximum Gasteiger partial charge on any atom is 0.235 e. The summed E-state index contributed by atoms with van der Waals surface area (Å²) in [6, 6.07) is 0.592. The van der Waals surface area contributed by atoms with Gasteiger partial charge in [-0.2, -0.15) is 4.99 Å². The second-order valence-corrected chi connectivity index (χ2v) is 6.68. The van der Waals surface area contributed by atoms with Crippen molar-refractivity contribution < 1.29 is 26.4 Å². The van der Waals surface area contributed by atoms with E-state index in [0.717, 1.165) is 0 Å². The highest BCUT2D eigenvalue weighted by Crippen LogP contribution is 2.46. The minimum Gasteiger partial charge on any atom is -0.224 e. The third-order valence-electron chi connectivity index (χ3n) is 3.43. The zero-order chi connectivity index (χ0) is 15.1. The van der Waals surface area contributed by atoms with Gasteiger partial charge in [-0.25, -0.2) is 26.4 Å². The SMILES string of the molecule is CS(=O)(=O)c1c(F)cc(C2(N=C=O)CCC2)c(F)c1F. The fraction of sp³-hybridized carbons (Fsp3) is 0.417. The Labute approximate surface area is 113 Å². The maximum absolute atomic E-state index is 14.0. The number of carbonyl (C=O) groups excluding carboxylic acids is 1. The molecule has 0 aliphatic heterocycles. The molecule has 1 aliphatic rings. The van der Waals surface area contributed by atoms with Crippen molar-refractivity contribution in [3.63, 3.8) is 0 Å². The van der Waals surface area contributed by atoms with E-state index in [0.29, 0.717) is 18.7 Å². The van der Waals surface area contributed by atoms with Gasteiger partial charge < -0.3 is 0 Å². The van der Waals surface area contributed by atoms with Gasteiger partial charge in [0.15, 0.2) is 21.5 Å². The molecule has 8 heteroatoms. The summed E-state index contributed by atoms with van der Waals surface area (Å²) in [5, 5.41) is 0. The van der Waals surface area contributed by atoms with Crippen molar-refractivity contribution >= 4 is 15.9 Å². The molecule has 0 aromatic heterocycles. The quantitative estimate of drug-likeness (QED) is 0.488. The fourth-order valence-electron chi connectivity index (χ4n) is 2.30. The number of nitrogens with zero attached hydrogens (tertiary/aromatic N) is 1. The van der Waals surface area contributed by atoms with Crippen LogP contribution < -0.4 is 0 Å². The van der Waals surface area contributed by atoms with Crippen LogP contribution in [0.5, 0.6) is 0 Å². The van der Waals surface area contributed by atoms with Crippen molar-refractivity contribution in [2.24, 2.45) is 4.99 Å². The lowest BCUT2D eigenvalue weighted by Crippen LogP contribution is -2.33. The summed E-state index contributed by atoms with van der Waals surface area (Å²) in [4.78, 5) is 12.5. The highest BCUT2D eigenvalue weighted by Gasteiger charge is 2.43. The van der Waals surface area contributed by atoms with Crippen molar-refractivity contribution in [2.75, 3.05) is 6.26 Å². The van der Waals surface area contributed by atoms with E-state index in [-0.39, 0.29) is 12.8 Å². The average Bonchev–Trinajstić information content (AvgIpc) is 2.27. The molecule has 0 atom stereocenters. The van der Waals surface area contributed by atoms with E-state index in [1.165, 1.54) is 6.08 Å². The van der Waals surface area contributed by atoms with Crippen LogP contribution in [0.4, 0.5) is 13.2 Å². The van der Waals surface area contributed by atoms with Crippen LogP contribution in [-0.4, -0.2) is 20.8 Å². The smallest absolute Gasteiger partial charge is 0.224 e. The van der Waals surface area contributed by atoms with Gasteiger partial charge in [0.25, 0.3) is 0 Å². The Morgan fingerprint density at radius 2 is 1.85 bits per heavy atom. The number of benzene rings is 1. The normalized spacial score (nSPS) is 17.2. The molecule has 108 valence electrons. The van der Waals surface area contributed by atoms with Gasteiger partial charge in [0.1, 0.15) is 16.3 Å². The van der Waals surface area contributed by atoms with Crippen molar-refractivity contribution in [3.8, 4) is 0 Å². The van der Waals surface area contributed by atoms with Gasteiger partial charge >= 0.3 is 0 Å². The standard InChI is InChI=1S/C12H10F3NO3S/c1-20(18,19)11-8(13)5-7(9(14)10(11)15)12(16-6-17)3-2-4-12/h5H,2-4H2,1H3. The molecule has 0 saturated heterocycles. The van der Waals surface area contributed by atoms with E-state index < -0.39 is 43.3 Å². The Balaban J connectivity index is 2.74. The van der Waals surface area contributed by atoms with Crippen LogP contribution >= 0.6 is 0 Å². The topological polar surface area (TPSA) is 63.6 Å². The number of isocyanates is 1. The molecule has 20 heavy (non-hydrogen) atoms. The van der Waals surface area contributed by atoms with Crippen molar-refractivity contribution in [1.29, 1.82) is 0 Å². The largest absolute Gasteiger partial charge is 0.235 e. The average molecular weight is 305 g/mol. The van der Waals surface area contributed by atoms with Gasteiger partial charge in [0.2, 0.25) is 6.08 Å². The Morgan fingerprint density at radius 1 is 1.25 bits per heavy atom. The molecule has 0 radical (unpaired) electrons. The van der Waals surface area contributed by atoms with Gasteiger partial charge in [-0.05, 0) is 25.3 Å². The molecular weight excluding hydrogens is 295 g/mol. The lowest BCUT2D eigenvalue weighted by Gasteiger charge is -2.37. The van der Waals surface area contributed by atoms with E-state index in [9.17, 15) is 26.4 Å². The van der Waals surface area contributed by atoms with E-state index >= 15 is 0 Å². The summed E-state index contributed by atoms with van der Waals surface area (Å²) in [5.41, 5.74) is -1.79. The van der Waals surface area contributed by atoms with Crippen LogP contribution in [-0.2, 0) is 20.2 Å². The summed E-state index contributed by atoms with van der Waals surface area (Å²) >= 11 is 0. The van der Waals surface area contributed by atoms with Crippen LogP contribution in [0.3, 0.4) is 0 Å². The Hall–Kier alpha value is -1.66. The van der Waals surface area contributed by atoms with Gasteiger partial charge in [-0.3, -0.25) is 0 Å². The molecule has 0 spiro atoms. The predicted octanol–water partition coefficient (Wildman–Crippen LogP) is 2.22. The fourth-order valence-corrected chi connectivity index (χ4v) is 3.13. The molecular formula is C12H10F3NO3S. The number of hydrogen-bond donors (Lipinski definition) is 0. The van der Waals surface area contributed by atoms with Crippen LogP contribution in [0.1, 0.15) is 24.8 Å². The minimum atomic E-state index is -4.25. The molecule has 4 nitrogen and oxygen atoms in total. The molecule has 1 aromatic carbocycles. The van der Waals surface area contributed by atoms with E-state index in [4.69, 9.17) is 0 Å². The maximum atomic E-state index is 14.0. The van der Waals surface area contributed by atoms with E-state index in [1.54, 1.807) is 0 Å². The Morgan fingerprint density at radius 3 is 2.25 bits per heavy atom. The summed E-state index contributed by atoms with van der Waals surface area (Å²) in [6.07, 6.45) is 2.95. The third-order valence-corrected chi connectivity index (χ3v) is 4.54. The van der Waals surface area contributed by atoms with Gasteiger partial charge in [0, 0.05) is 11.8 Å². The number of aliphatic imine (C=N–C) groups is 1. The van der Waals surface area contributed by atoms with E-state index in [1.807, 2.05) is 0 Å². The number of hydrogen-bond acceptors (Lipinski definition) is 4. The van der Waals surface area contributed by atoms with Gasteiger partial charge in [-0.15, -0.1) is 0 Å². The van der Waals surface area contributed by atoms with Crippen molar-refractivity contribution in [2.45, 2.75) is 29.7 Å². The minimum absolute atomic E-state index is 0.246. The molecule has 0 bridgehead atoms. The highest BCUT2D eigenvalue weighted by molar-refractivity contribution is 7.90. The number of halogens is 3. The molecule has 0 N–H and O–H groups in total. The van der Waals surface area contributed by atoms with Gasteiger partial charge in [0.05, 0.1) is 0 Å². The zero-order valence-corrected chi connectivity index (χ0v) is 11.2. The highest BCUT2D eigenvalue weighted by atomic mass is 32.2. The molecule has 1 saturated carbocycles. The van der Waals surface area contributed by atoms with Gasteiger partial charge in [-0.1, -0.05) is 0 Å². The first kappa shape index (κ1) is 14.7. The molecule has 1 aromatic rings. The van der Waals surface area contributed by atoms with Crippen LogP contribution in [0.15, 0.2) is 16.0 Å². The third kappa shape index (κ3) is 2.14. The molecule has 0 unspecified atom stereocenters. The van der Waals surface area contributed by atoms with Crippen molar-refractivity contribution in [1.82, 2.24) is 0 Å². The first-order chi connectivity index (χ1) is 9.23. The summed E-state index contributed by atoms with van der Waals surface area (Å²) in [6.45, 7) is 0. The first-order valence-electron chi connectivity index (χ1n) is 5.70. The van der Waals surface area contributed by atoms with Crippen LogP contribution in [0.2, 0.25) is 0 Å². The number of sulfone groups is 1. The summed E-state index contributed by atoms with van der Waals surface area (Å²) in [5.74, 6) is -4.67. The number of rotatable bonds is 3. The van der Waals surface area contributed by atoms with Crippen molar-refractivity contribution in [3.05, 3.63) is 29.1 Å². The second-order valence-electron chi connectivity index (χ2n) is 4.72. The molecule has 1 aliphatic carbocycles. The Kier molecular flexibility index (Phi) is 3.47. The zero-order valence-electron chi connectivity index (χ0n) is 10.4. The molecule has 0 amide bonds. The monoisotopic (exact) mass is 305 g/mol. The molecule has 2 rings (SSSR count). The van der Waals surface area contributed by atoms with Crippen LogP contribution in [0.25, 0.3) is 0 Å². The lowest BCUT2D eigenvalue weighted by molar-refractivity contribution is 0.242. The van der Waals surface area contributed by atoms with E-state index in [2.05, 4.69) is 4.99 Å². The summed E-state index contributed by atoms with van der Waals surface area (Å²) in [7, 11) is -4.25. The predicted molar refractivity (Wildman–Crippen MR) is 63.1 cm³/mol. The first-order valence-corrected chi connectivity index (χ1v) is 7.59. The Bertz CT molecular complexity index is 720. The lowest BCUT2D eigenvalue weighted by atomic mass is 9.72.